The number of nitrogens with zero attached hydrogens (tertiary/aromatic N) is 3. The first-order valence-electron chi connectivity index (χ1n) is 6.08. The molecule has 0 radical (unpaired) electrons. The molecule has 0 aliphatic carbocycles. The second-order valence-corrected chi connectivity index (χ2v) is 4.16. The van der Waals surface area contributed by atoms with E-state index in [4.69, 9.17) is 9.47 Å². The summed E-state index contributed by atoms with van der Waals surface area (Å²) >= 11 is 0. The zero-order valence-corrected chi connectivity index (χ0v) is 10.3. The van der Waals surface area contributed by atoms with Crippen LogP contribution in [0, 0.1) is 0 Å². The van der Waals surface area contributed by atoms with Crippen molar-refractivity contribution in [1.82, 2.24) is 20.1 Å². The van der Waals surface area contributed by atoms with E-state index in [9.17, 15) is 0 Å². The van der Waals surface area contributed by atoms with Gasteiger partial charge in [-0.15, -0.1) is 0 Å². The van der Waals surface area contributed by atoms with Gasteiger partial charge in [-0.25, -0.2) is 9.67 Å². The SMILES string of the molecule is COCCNCc1ncnn1CC1CCCO1. The van der Waals surface area contributed by atoms with E-state index in [0.717, 1.165) is 44.9 Å². The van der Waals surface area contributed by atoms with Crippen molar-refractivity contribution < 1.29 is 9.47 Å². The molecule has 1 aromatic heterocycles. The minimum Gasteiger partial charge on any atom is -0.383 e. The molecule has 96 valence electrons. The second-order valence-electron chi connectivity index (χ2n) is 4.16. The highest BCUT2D eigenvalue weighted by Gasteiger charge is 2.17. The van der Waals surface area contributed by atoms with Gasteiger partial charge in [-0.3, -0.25) is 0 Å². The van der Waals surface area contributed by atoms with Gasteiger partial charge in [0.2, 0.25) is 0 Å². The molecule has 1 unspecified atom stereocenters. The van der Waals surface area contributed by atoms with Gasteiger partial charge >= 0.3 is 0 Å². The first kappa shape index (κ1) is 12.5. The Morgan fingerprint density at radius 2 is 2.59 bits per heavy atom. The van der Waals surface area contributed by atoms with Crippen LogP contribution in [0.3, 0.4) is 0 Å². The van der Waals surface area contributed by atoms with E-state index in [1.54, 1.807) is 13.4 Å². The van der Waals surface area contributed by atoms with Crippen molar-refractivity contribution in [2.45, 2.75) is 32.0 Å². The Labute approximate surface area is 101 Å². The highest BCUT2D eigenvalue weighted by molar-refractivity contribution is 4.85. The summed E-state index contributed by atoms with van der Waals surface area (Å²) < 4.78 is 12.5. The maximum absolute atomic E-state index is 5.60. The standard InChI is InChI=1S/C11H20N4O2/c1-16-6-4-12-7-11-13-9-14-15(11)8-10-3-2-5-17-10/h9-10,12H,2-8H2,1H3. The Kier molecular flexibility index (Phi) is 4.90. The van der Waals surface area contributed by atoms with Gasteiger partial charge in [0.1, 0.15) is 12.2 Å². The van der Waals surface area contributed by atoms with Gasteiger partial charge in [-0.2, -0.15) is 5.10 Å². The van der Waals surface area contributed by atoms with Crippen molar-refractivity contribution in [3.05, 3.63) is 12.2 Å². The van der Waals surface area contributed by atoms with Crippen LogP contribution in [0.2, 0.25) is 0 Å². The predicted octanol–water partition coefficient (Wildman–Crippen LogP) is 0.193. The second kappa shape index (κ2) is 6.68. The smallest absolute Gasteiger partial charge is 0.140 e. The first-order chi connectivity index (χ1) is 8.40. The molecule has 1 aliphatic rings. The molecule has 1 aromatic rings. The van der Waals surface area contributed by atoms with Gasteiger partial charge in [0.05, 0.1) is 25.8 Å². The minimum absolute atomic E-state index is 0.300. The molecule has 6 heteroatoms. The third-order valence-electron chi connectivity index (χ3n) is 2.86. The molecule has 6 nitrogen and oxygen atoms in total. The lowest BCUT2D eigenvalue weighted by molar-refractivity contribution is 0.0929. The van der Waals surface area contributed by atoms with Crippen molar-refractivity contribution in [3.8, 4) is 0 Å². The number of hydrogen-bond acceptors (Lipinski definition) is 5. The maximum Gasteiger partial charge on any atom is 0.140 e. The van der Waals surface area contributed by atoms with Crippen LogP contribution in [0.25, 0.3) is 0 Å². The molecular weight excluding hydrogens is 220 g/mol. The zero-order chi connectivity index (χ0) is 11.9. The highest BCUT2D eigenvalue weighted by atomic mass is 16.5. The minimum atomic E-state index is 0.300. The Balaban J connectivity index is 1.79. The average Bonchev–Trinajstić information content (AvgIpc) is 2.97. The van der Waals surface area contributed by atoms with E-state index in [-0.39, 0.29) is 0 Å². The average molecular weight is 240 g/mol. The largest absolute Gasteiger partial charge is 0.383 e. The summed E-state index contributed by atoms with van der Waals surface area (Å²) in [5, 5.41) is 7.50. The van der Waals surface area contributed by atoms with Gasteiger partial charge in [0.25, 0.3) is 0 Å². The monoisotopic (exact) mass is 240 g/mol. The van der Waals surface area contributed by atoms with Crippen LogP contribution in [-0.2, 0) is 22.6 Å². The maximum atomic E-state index is 5.60. The molecule has 0 bridgehead atoms. The molecule has 2 heterocycles. The van der Waals surface area contributed by atoms with Crippen LogP contribution >= 0.6 is 0 Å². The summed E-state index contributed by atoms with van der Waals surface area (Å²) in [4.78, 5) is 4.25. The fraction of sp³-hybridized carbons (Fsp3) is 0.818. The summed E-state index contributed by atoms with van der Waals surface area (Å²) in [5.41, 5.74) is 0. The number of hydrogen-bond donors (Lipinski definition) is 1. The van der Waals surface area contributed by atoms with E-state index in [1.165, 1.54) is 0 Å². The predicted molar refractivity (Wildman–Crippen MR) is 62.6 cm³/mol. The molecule has 17 heavy (non-hydrogen) atoms. The van der Waals surface area contributed by atoms with E-state index >= 15 is 0 Å². The molecular formula is C11H20N4O2. The Morgan fingerprint density at radius 3 is 3.35 bits per heavy atom. The molecule has 1 saturated heterocycles. The lowest BCUT2D eigenvalue weighted by Crippen LogP contribution is -2.24. The Bertz CT molecular complexity index is 323. The summed E-state index contributed by atoms with van der Waals surface area (Å²) in [7, 11) is 1.70. The molecule has 0 amide bonds. The lowest BCUT2D eigenvalue weighted by Gasteiger charge is -2.11. The molecule has 1 aliphatic heterocycles. The number of rotatable bonds is 7. The molecule has 2 rings (SSSR count). The first-order valence-corrected chi connectivity index (χ1v) is 6.08. The topological polar surface area (TPSA) is 61.2 Å². The van der Waals surface area contributed by atoms with E-state index in [2.05, 4.69) is 15.4 Å². The summed E-state index contributed by atoms with van der Waals surface area (Å²) in [6.07, 6.45) is 4.17. The summed E-state index contributed by atoms with van der Waals surface area (Å²) in [5.74, 6) is 0.955. The number of methoxy groups -OCH3 is 1. The fourth-order valence-electron chi connectivity index (χ4n) is 1.93. The van der Waals surface area contributed by atoms with Gasteiger partial charge in [0, 0.05) is 20.3 Å². The van der Waals surface area contributed by atoms with Crippen molar-refractivity contribution >= 4 is 0 Å². The third-order valence-corrected chi connectivity index (χ3v) is 2.86. The zero-order valence-electron chi connectivity index (χ0n) is 10.3. The number of aromatic nitrogens is 3. The molecule has 0 aromatic carbocycles. The van der Waals surface area contributed by atoms with Crippen LogP contribution in [0.4, 0.5) is 0 Å². The quantitative estimate of drug-likeness (QED) is 0.690. The lowest BCUT2D eigenvalue weighted by atomic mass is 10.2. The van der Waals surface area contributed by atoms with Crippen LogP contribution < -0.4 is 5.32 Å². The molecule has 1 N–H and O–H groups in total. The van der Waals surface area contributed by atoms with E-state index in [1.807, 2.05) is 4.68 Å². The number of ether oxygens (including phenoxy) is 2. The van der Waals surface area contributed by atoms with E-state index in [0.29, 0.717) is 12.7 Å². The van der Waals surface area contributed by atoms with E-state index < -0.39 is 0 Å². The van der Waals surface area contributed by atoms with Crippen LogP contribution in [0.5, 0.6) is 0 Å². The van der Waals surface area contributed by atoms with Crippen molar-refractivity contribution in [1.29, 1.82) is 0 Å². The van der Waals surface area contributed by atoms with Gasteiger partial charge < -0.3 is 14.8 Å². The Hall–Kier alpha value is -0.980. The Morgan fingerprint density at radius 1 is 1.65 bits per heavy atom. The molecule has 0 spiro atoms. The number of nitrogens with one attached hydrogen (secondary N) is 1. The third kappa shape index (κ3) is 3.76. The van der Waals surface area contributed by atoms with Crippen molar-refractivity contribution in [2.75, 3.05) is 26.9 Å². The van der Waals surface area contributed by atoms with Crippen LogP contribution in [0.15, 0.2) is 6.33 Å². The highest BCUT2D eigenvalue weighted by Crippen LogP contribution is 2.13. The normalized spacial score (nSPS) is 19.9. The molecule has 1 atom stereocenters. The summed E-state index contributed by atoms with van der Waals surface area (Å²) in [6.45, 7) is 3.93. The van der Waals surface area contributed by atoms with Crippen LogP contribution in [-0.4, -0.2) is 47.7 Å². The molecule has 1 fully saturated rings. The van der Waals surface area contributed by atoms with Gasteiger partial charge in [-0.05, 0) is 12.8 Å². The van der Waals surface area contributed by atoms with Gasteiger partial charge in [0.15, 0.2) is 0 Å². The van der Waals surface area contributed by atoms with Crippen molar-refractivity contribution in [2.24, 2.45) is 0 Å². The van der Waals surface area contributed by atoms with Crippen LogP contribution in [0.1, 0.15) is 18.7 Å². The fourth-order valence-corrected chi connectivity index (χ4v) is 1.93. The molecule has 0 saturated carbocycles. The van der Waals surface area contributed by atoms with Gasteiger partial charge in [-0.1, -0.05) is 0 Å². The summed E-state index contributed by atoms with van der Waals surface area (Å²) in [6, 6.07) is 0. The van der Waals surface area contributed by atoms with Crippen molar-refractivity contribution in [3.63, 3.8) is 0 Å².